The summed E-state index contributed by atoms with van der Waals surface area (Å²) in [5, 5.41) is 0. The van der Waals surface area contributed by atoms with Crippen LogP contribution in [0, 0.1) is 0 Å². The highest BCUT2D eigenvalue weighted by molar-refractivity contribution is 7.05. The molecule has 0 atom stereocenters. The Morgan fingerprint density at radius 3 is 2.40 bits per heavy atom. The third-order valence-corrected chi connectivity index (χ3v) is 2.59. The van der Waals surface area contributed by atoms with Gasteiger partial charge in [-0.05, 0) is 11.6 Å². The van der Waals surface area contributed by atoms with E-state index < -0.39 is 8.11 Å². The normalized spacial score (nSPS) is 10.3. The van der Waals surface area contributed by atoms with E-state index in [1.54, 1.807) is 0 Å². The Labute approximate surface area is 68.1 Å². The Bertz CT molecular complexity index is 184. The summed E-state index contributed by atoms with van der Waals surface area (Å²) in [6.07, 6.45) is 0. The summed E-state index contributed by atoms with van der Waals surface area (Å²) in [7, 11) is -0.615. The zero-order valence-electron chi connectivity index (χ0n) is 5.97. The molecule has 0 saturated heterocycles. The van der Waals surface area contributed by atoms with Crippen molar-refractivity contribution in [1.82, 2.24) is 0 Å². The summed E-state index contributed by atoms with van der Waals surface area (Å²) >= 11 is 5.91. The largest absolute Gasteiger partial charge is 0.169 e. The van der Waals surface area contributed by atoms with Crippen molar-refractivity contribution in [2.24, 2.45) is 0 Å². The third kappa shape index (κ3) is 2.54. The molecule has 1 aromatic carbocycles. The zero-order chi connectivity index (χ0) is 7.40. The number of benzene rings is 1. The van der Waals surface area contributed by atoms with Gasteiger partial charge in [0.2, 0.25) is 0 Å². The summed E-state index contributed by atoms with van der Waals surface area (Å²) in [5.74, 6) is 0. The molecule has 0 heterocycles. The van der Waals surface area contributed by atoms with E-state index in [4.69, 9.17) is 11.1 Å². The van der Waals surface area contributed by atoms with Crippen molar-refractivity contribution in [3.63, 3.8) is 0 Å². The summed E-state index contributed by atoms with van der Waals surface area (Å²) in [5.41, 5.74) is 1.36. The van der Waals surface area contributed by atoms with Crippen LogP contribution in [0.1, 0.15) is 5.56 Å². The van der Waals surface area contributed by atoms with Gasteiger partial charge in [-0.15, -0.1) is 0 Å². The standard InChI is InChI=1S/C8H10ClSi/c1-10(9)7-8-5-3-2-4-6-8/h2-6H,7H2,1H3. The molecule has 2 heteroatoms. The Hall–Kier alpha value is -0.273. The second-order valence-corrected chi connectivity index (χ2v) is 5.98. The molecule has 0 unspecified atom stereocenters. The van der Waals surface area contributed by atoms with Crippen molar-refractivity contribution in [1.29, 1.82) is 0 Å². The minimum absolute atomic E-state index is 0.615. The van der Waals surface area contributed by atoms with E-state index >= 15 is 0 Å². The molecule has 1 rings (SSSR count). The number of hydrogen-bond acceptors (Lipinski definition) is 0. The monoisotopic (exact) mass is 169 g/mol. The Morgan fingerprint density at radius 2 is 1.90 bits per heavy atom. The minimum Gasteiger partial charge on any atom is -0.169 e. The zero-order valence-corrected chi connectivity index (χ0v) is 7.73. The van der Waals surface area contributed by atoms with Crippen LogP contribution in [0.2, 0.25) is 6.55 Å². The van der Waals surface area contributed by atoms with E-state index in [0.717, 1.165) is 6.04 Å². The second-order valence-electron chi connectivity index (χ2n) is 2.34. The lowest BCUT2D eigenvalue weighted by Gasteiger charge is -1.98. The molecule has 0 bridgehead atoms. The molecule has 0 fully saturated rings. The van der Waals surface area contributed by atoms with E-state index in [-0.39, 0.29) is 0 Å². The highest BCUT2D eigenvalue weighted by Crippen LogP contribution is 2.03. The summed E-state index contributed by atoms with van der Waals surface area (Å²) in [6, 6.07) is 11.4. The van der Waals surface area contributed by atoms with E-state index in [0.29, 0.717) is 0 Å². The SMILES string of the molecule is C[Si](Cl)Cc1ccccc1. The molecular weight excluding hydrogens is 160 g/mol. The first-order valence-electron chi connectivity index (χ1n) is 3.31. The first-order chi connectivity index (χ1) is 4.79. The van der Waals surface area contributed by atoms with E-state index in [9.17, 15) is 0 Å². The van der Waals surface area contributed by atoms with Gasteiger partial charge >= 0.3 is 0 Å². The van der Waals surface area contributed by atoms with Gasteiger partial charge in [0.15, 0.2) is 8.11 Å². The van der Waals surface area contributed by atoms with Crippen LogP contribution >= 0.6 is 11.1 Å². The number of halogens is 1. The first-order valence-corrected chi connectivity index (χ1v) is 6.53. The molecule has 10 heavy (non-hydrogen) atoms. The lowest BCUT2D eigenvalue weighted by Crippen LogP contribution is -2.01. The van der Waals surface area contributed by atoms with Gasteiger partial charge in [-0.25, -0.2) is 0 Å². The van der Waals surface area contributed by atoms with Crippen LogP contribution in [-0.2, 0) is 6.04 Å². The molecule has 0 saturated carbocycles. The maximum absolute atomic E-state index is 5.91. The highest BCUT2D eigenvalue weighted by atomic mass is 35.6. The van der Waals surface area contributed by atoms with Crippen molar-refractivity contribution < 1.29 is 0 Å². The average Bonchev–Trinajstić information content (AvgIpc) is 1.88. The molecule has 0 aliphatic rings. The molecule has 1 radical (unpaired) electrons. The van der Waals surface area contributed by atoms with Crippen molar-refractivity contribution in [2.75, 3.05) is 0 Å². The van der Waals surface area contributed by atoms with Crippen molar-refractivity contribution in [3.05, 3.63) is 35.9 Å². The van der Waals surface area contributed by atoms with E-state index in [2.05, 4.69) is 30.8 Å². The van der Waals surface area contributed by atoms with Crippen LogP contribution in [-0.4, -0.2) is 8.11 Å². The summed E-state index contributed by atoms with van der Waals surface area (Å²) in [6.45, 7) is 2.11. The van der Waals surface area contributed by atoms with Gasteiger partial charge in [-0.1, -0.05) is 36.9 Å². The van der Waals surface area contributed by atoms with Crippen LogP contribution in [0.5, 0.6) is 0 Å². The predicted octanol–water partition coefficient (Wildman–Crippen LogP) is 2.63. The lowest BCUT2D eigenvalue weighted by molar-refractivity contribution is 1.38. The summed E-state index contributed by atoms with van der Waals surface area (Å²) in [4.78, 5) is 0. The molecule has 0 N–H and O–H groups in total. The van der Waals surface area contributed by atoms with Crippen LogP contribution in [0.25, 0.3) is 0 Å². The van der Waals surface area contributed by atoms with E-state index in [1.807, 2.05) is 6.07 Å². The molecular formula is C8H10ClSi. The molecule has 0 aromatic heterocycles. The molecule has 0 spiro atoms. The second kappa shape index (κ2) is 3.79. The van der Waals surface area contributed by atoms with Crippen LogP contribution in [0.4, 0.5) is 0 Å². The van der Waals surface area contributed by atoms with E-state index in [1.165, 1.54) is 5.56 Å². The van der Waals surface area contributed by atoms with Gasteiger partial charge in [0.05, 0.1) is 0 Å². The van der Waals surface area contributed by atoms with Crippen molar-refractivity contribution in [2.45, 2.75) is 12.6 Å². The number of hydrogen-bond donors (Lipinski definition) is 0. The fourth-order valence-electron chi connectivity index (χ4n) is 0.877. The molecule has 53 valence electrons. The molecule has 1 aromatic rings. The Morgan fingerprint density at radius 1 is 1.30 bits per heavy atom. The maximum Gasteiger partial charge on any atom is 0.166 e. The van der Waals surface area contributed by atoms with Gasteiger partial charge in [-0.3, -0.25) is 0 Å². The van der Waals surface area contributed by atoms with Crippen molar-refractivity contribution in [3.8, 4) is 0 Å². The van der Waals surface area contributed by atoms with Gasteiger partial charge in [0, 0.05) is 0 Å². The van der Waals surface area contributed by atoms with Crippen LogP contribution in [0.15, 0.2) is 30.3 Å². The quantitative estimate of drug-likeness (QED) is 0.472. The van der Waals surface area contributed by atoms with Crippen molar-refractivity contribution >= 4 is 19.2 Å². The topological polar surface area (TPSA) is 0 Å². The highest BCUT2D eigenvalue weighted by Gasteiger charge is 1.99. The molecule has 0 aliphatic carbocycles. The average molecular weight is 170 g/mol. The Balaban J connectivity index is 2.59. The fourth-order valence-corrected chi connectivity index (χ4v) is 2.14. The van der Waals surface area contributed by atoms with Gasteiger partial charge in [0.25, 0.3) is 0 Å². The molecule has 0 aliphatic heterocycles. The smallest absolute Gasteiger partial charge is 0.166 e. The fraction of sp³-hybridized carbons (Fsp3) is 0.250. The predicted molar refractivity (Wildman–Crippen MR) is 47.6 cm³/mol. The number of rotatable bonds is 2. The lowest BCUT2D eigenvalue weighted by atomic mass is 10.2. The van der Waals surface area contributed by atoms with Gasteiger partial charge in [0.1, 0.15) is 0 Å². The maximum atomic E-state index is 5.91. The van der Waals surface area contributed by atoms with Crippen LogP contribution < -0.4 is 0 Å². The van der Waals surface area contributed by atoms with Gasteiger partial charge < -0.3 is 0 Å². The first kappa shape index (κ1) is 7.83. The van der Waals surface area contributed by atoms with Gasteiger partial charge in [-0.2, -0.15) is 11.1 Å². The minimum atomic E-state index is -0.615. The molecule has 0 nitrogen and oxygen atoms in total. The summed E-state index contributed by atoms with van der Waals surface area (Å²) < 4.78 is 0. The molecule has 0 amide bonds. The van der Waals surface area contributed by atoms with Crippen LogP contribution in [0.3, 0.4) is 0 Å². The Kier molecular flexibility index (Phi) is 2.97. The third-order valence-electron chi connectivity index (χ3n) is 1.29.